The second kappa shape index (κ2) is 12.2. The average molecular weight is 520 g/mol. The Hall–Kier alpha value is -2.58. The molecule has 2 aromatic carbocycles. The molecule has 0 spiro atoms. The summed E-state index contributed by atoms with van der Waals surface area (Å²) in [7, 11) is 0. The van der Waals surface area contributed by atoms with Gasteiger partial charge in [0, 0.05) is 36.7 Å². The summed E-state index contributed by atoms with van der Waals surface area (Å²) in [6.45, 7) is 4.58. The quantitative estimate of drug-likeness (QED) is 0.445. The van der Waals surface area contributed by atoms with Gasteiger partial charge in [0.2, 0.25) is 5.91 Å². The van der Waals surface area contributed by atoms with Gasteiger partial charge in [0.1, 0.15) is 23.4 Å². The van der Waals surface area contributed by atoms with Gasteiger partial charge < -0.3 is 15.0 Å². The summed E-state index contributed by atoms with van der Waals surface area (Å²) in [6, 6.07) is 18.0. The van der Waals surface area contributed by atoms with Crippen LogP contribution in [-0.4, -0.2) is 48.8 Å². The highest BCUT2D eigenvalue weighted by Gasteiger charge is 2.36. The molecule has 1 fully saturated rings. The van der Waals surface area contributed by atoms with Crippen molar-refractivity contribution in [3.05, 3.63) is 76.5 Å². The zero-order valence-electron chi connectivity index (χ0n) is 18.8. The normalized spacial score (nSPS) is 14.1. The number of benzene rings is 2. The van der Waals surface area contributed by atoms with E-state index in [2.05, 4.69) is 5.32 Å². The van der Waals surface area contributed by atoms with Crippen molar-refractivity contribution < 1.29 is 14.3 Å². The maximum Gasteiger partial charge on any atom is 0.251 e. The highest BCUT2D eigenvalue weighted by Crippen LogP contribution is 2.36. The monoisotopic (exact) mass is 519 g/mol. The number of rotatable bonds is 7. The maximum atomic E-state index is 13.7. The summed E-state index contributed by atoms with van der Waals surface area (Å²) in [5.41, 5.74) is 1.46. The number of carbonyl (C=O) groups is 2. The minimum atomic E-state index is -0.769. The summed E-state index contributed by atoms with van der Waals surface area (Å²) in [6.07, 6.45) is 0. The molecule has 2 amide bonds. The Bertz CT molecular complexity index is 1090. The van der Waals surface area contributed by atoms with Gasteiger partial charge in [-0.3, -0.25) is 14.5 Å². The summed E-state index contributed by atoms with van der Waals surface area (Å²) >= 11 is 7.50. The summed E-state index contributed by atoms with van der Waals surface area (Å²) < 4.78 is 5.95. The number of piperazine rings is 1. The molecule has 1 N–H and O–H groups in total. The molecule has 1 atom stereocenters. The van der Waals surface area contributed by atoms with E-state index in [1.54, 1.807) is 4.90 Å². The third-order valence-corrected chi connectivity index (χ3v) is 6.68. The molecular weight excluding hydrogens is 493 g/mol. The van der Waals surface area contributed by atoms with Crippen LogP contribution >= 0.6 is 35.3 Å². The van der Waals surface area contributed by atoms with Crippen LogP contribution in [-0.2, 0) is 9.59 Å². The van der Waals surface area contributed by atoms with Crippen LogP contribution in [0.4, 0.5) is 5.69 Å². The molecule has 0 radical (unpaired) electrons. The maximum absolute atomic E-state index is 13.7. The predicted octanol–water partition coefficient (Wildman–Crippen LogP) is 5.02. The fourth-order valence-electron chi connectivity index (χ4n) is 3.93. The number of thiophene rings is 1. The van der Waals surface area contributed by atoms with Crippen molar-refractivity contribution in [2.45, 2.75) is 13.0 Å². The molecule has 9 heteroatoms. The Morgan fingerprint density at radius 1 is 1.09 bits per heavy atom. The van der Waals surface area contributed by atoms with Crippen molar-refractivity contribution in [1.29, 1.82) is 0 Å². The fourth-order valence-corrected chi connectivity index (χ4v) is 4.87. The molecule has 3 aromatic rings. The van der Waals surface area contributed by atoms with Crippen LogP contribution in [0.15, 0.2) is 66.0 Å². The first-order chi connectivity index (χ1) is 16.1. The van der Waals surface area contributed by atoms with Gasteiger partial charge in [0.05, 0.1) is 0 Å². The molecule has 34 heavy (non-hydrogen) atoms. The number of alkyl halides is 1. The molecule has 6 nitrogen and oxygen atoms in total. The summed E-state index contributed by atoms with van der Waals surface area (Å²) in [4.78, 5) is 31.0. The van der Waals surface area contributed by atoms with Crippen LogP contribution in [0.25, 0.3) is 0 Å². The van der Waals surface area contributed by atoms with E-state index >= 15 is 0 Å². The van der Waals surface area contributed by atoms with Crippen molar-refractivity contribution in [3.8, 4) is 11.5 Å². The van der Waals surface area contributed by atoms with Gasteiger partial charge in [-0.25, -0.2) is 0 Å². The smallest absolute Gasteiger partial charge is 0.251 e. The Kier molecular flexibility index (Phi) is 9.36. The molecule has 4 rings (SSSR count). The largest absolute Gasteiger partial charge is 0.457 e. The highest BCUT2D eigenvalue weighted by molar-refractivity contribution is 7.10. The van der Waals surface area contributed by atoms with Crippen LogP contribution < -0.4 is 15.0 Å². The minimum absolute atomic E-state index is 0. The first kappa shape index (κ1) is 26.0. The van der Waals surface area contributed by atoms with Crippen LogP contribution in [0.3, 0.4) is 0 Å². The average Bonchev–Trinajstić information content (AvgIpc) is 3.38. The lowest BCUT2D eigenvalue weighted by atomic mass is 10.1. The molecular formula is C25H27Cl2N3O3S. The lowest BCUT2D eigenvalue weighted by Gasteiger charge is -2.36. The first-order valence-electron chi connectivity index (χ1n) is 10.8. The number of aryl methyl sites for hydroxylation is 1. The van der Waals surface area contributed by atoms with E-state index in [-0.39, 0.29) is 30.1 Å². The number of amides is 2. The van der Waals surface area contributed by atoms with Crippen molar-refractivity contribution in [2.24, 2.45) is 0 Å². The SMILES string of the molecule is Cc1cc(Oc2ccccc2)ccc1N(C(=O)CCl)C(C(=O)N1CCNCC1)c1cccs1.Cl. The number of halogens is 2. The molecule has 0 aliphatic carbocycles. The van der Waals surface area contributed by atoms with Gasteiger partial charge in [-0.05, 0) is 54.3 Å². The van der Waals surface area contributed by atoms with Gasteiger partial charge in [0.15, 0.2) is 0 Å². The number of ether oxygens (including phenoxy) is 1. The Labute approximate surface area is 214 Å². The second-order valence-electron chi connectivity index (χ2n) is 7.75. The van der Waals surface area contributed by atoms with Crippen molar-refractivity contribution in [2.75, 3.05) is 37.0 Å². The molecule has 1 aliphatic heterocycles. The molecule has 0 saturated carbocycles. The lowest BCUT2D eigenvalue weighted by molar-refractivity contribution is -0.135. The number of anilines is 1. The van der Waals surface area contributed by atoms with Gasteiger partial charge in [-0.1, -0.05) is 24.3 Å². The molecule has 1 aromatic heterocycles. The van der Waals surface area contributed by atoms with Gasteiger partial charge in [0.25, 0.3) is 5.91 Å². The Balaban J connectivity index is 0.00000324. The Morgan fingerprint density at radius 2 is 1.82 bits per heavy atom. The third-order valence-electron chi connectivity index (χ3n) is 5.52. The van der Waals surface area contributed by atoms with Gasteiger partial charge >= 0.3 is 0 Å². The van der Waals surface area contributed by atoms with E-state index in [1.807, 2.05) is 77.9 Å². The van der Waals surface area contributed by atoms with Crippen LogP contribution in [0, 0.1) is 6.92 Å². The fraction of sp³-hybridized carbons (Fsp3) is 0.280. The number of hydrogen-bond acceptors (Lipinski definition) is 5. The van der Waals surface area contributed by atoms with Crippen molar-refractivity contribution in [3.63, 3.8) is 0 Å². The lowest BCUT2D eigenvalue weighted by Crippen LogP contribution is -2.52. The first-order valence-corrected chi connectivity index (χ1v) is 12.2. The minimum Gasteiger partial charge on any atom is -0.457 e. The molecule has 1 saturated heterocycles. The third kappa shape index (κ3) is 5.91. The number of carbonyl (C=O) groups excluding carboxylic acids is 2. The number of nitrogens with one attached hydrogen (secondary N) is 1. The molecule has 1 aliphatic rings. The zero-order chi connectivity index (χ0) is 23.2. The summed E-state index contributed by atoms with van der Waals surface area (Å²) in [5, 5.41) is 5.18. The highest BCUT2D eigenvalue weighted by atomic mass is 35.5. The topological polar surface area (TPSA) is 61.9 Å². The van der Waals surface area contributed by atoms with E-state index in [4.69, 9.17) is 16.3 Å². The van der Waals surface area contributed by atoms with E-state index in [1.165, 1.54) is 11.3 Å². The molecule has 0 bridgehead atoms. The van der Waals surface area contributed by atoms with E-state index in [0.717, 1.165) is 29.3 Å². The number of hydrogen-bond donors (Lipinski definition) is 1. The van der Waals surface area contributed by atoms with Gasteiger partial charge in [-0.15, -0.1) is 35.3 Å². The number of nitrogens with zero attached hydrogens (tertiary/aromatic N) is 2. The van der Waals surface area contributed by atoms with Crippen molar-refractivity contribution >= 4 is 52.8 Å². The van der Waals surface area contributed by atoms with Crippen LogP contribution in [0.1, 0.15) is 16.5 Å². The van der Waals surface area contributed by atoms with E-state index in [0.29, 0.717) is 24.5 Å². The predicted molar refractivity (Wildman–Crippen MR) is 140 cm³/mol. The van der Waals surface area contributed by atoms with Crippen LogP contribution in [0.2, 0.25) is 0 Å². The Morgan fingerprint density at radius 3 is 2.44 bits per heavy atom. The molecule has 2 heterocycles. The van der Waals surface area contributed by atoms with Crippen molar-refractivity contribution in [1.82, 2.24) is 10.2 Å². The second-order valence-corrected chi connectivity index (χ2v) is 9.00. The zero-order valence-corrected chi connectivity index (χ0v) is 21.2. The van der Waals surface area contributed by atoms with Crippen LogP contribution in [0.5, 0.6) is 11.5 Å². The standard InChI is InChI=1S/C25H26ClN3O3S.ClH/c1-18-16-20(32-19-6-3-2-4-7-19)9-10-21(18)29(23(30)17-26)24(22-8-5-15-33-22)25(31)28-13-11-27-12-14-28;/h2-10,15-16,24,27H,11-14,17H2,1H3;1H. The van der Waals surface area contributed by atoms with Gasteiger partial charge in [-0.2, -0.15) is 0 Å². The molecule has 180 valence electrons. The van der Waals surface area contributed by atoms with E-state index < -0.39 is 6.04 Å². The van der Waals surface area contributed by atoms with E-state index in [9.17, 15) is 9.59 Å². The molecule has 1 unspecified atom stereocenters. The number of para-hydroxylation sites is 1. The summed E-state index contributed by atoms with van der Waals surface area (Å²) in [5.74, 6) is 0.739.